The molecule has 5 aromatic rings. The Morgan fingerprint density at radius 1 is 0.635 bits per heavy atom. The van der Waals surface area contributed by atoms with Crippen molar-refractivity contribution >= 4 is 64.2 Å². The fourth-order valence-corrected chi connectivity index (χ4v) is 5.70. The SMILES string of the molecule is CC(C)Oc1c(NC(=O)c2ccc(NC(=O)[C@H](CC(N)=O)NC(=O)c3ccc(NC(=O)C(C)Oc4ccc(C#N)cc4)cc3)cc2)ccc(C(=O)Nc2ccc(C(=O)O)cc2)c1O. The Hall–Kier alpha value is -8.72. The molecule has 0 aliphatic rings. The maximum absolute atomic E-state index is 13.3. The molecule has 0 aromatic heterocycles. The minimum Gasteiger partial charge on any atom is -0.504 e. The number of nitrogens with zero attached hydrogens (tertiary/aromatic N) is 1. The highest BCUT2D eigenvalue weighted by molar-refractivity contribution is 6.10. The molecule has 0 aliphatic heterocycles. The molecule has 0 radical (unpaired) electrons. The van der Waals surface area contributed by atoms with Crippen LogP contribution in [0, 0.1) is 11.3 Å². The number of carboxylic acid groups (broad SMARTS) is 1. The van der Waals surface area contributed by atoms with E-state index in [-0.39, 0.29) is 45.1 Å². The van der Waals surface area contributed by atoms with Crippen LogP contribution < -0.4 is 41.8 Å². The number of primary amides is 1. The molecule has 9 N–H and O–H groups in total. The molecule has 322 valence electrons. The lowest BCUT2D eigenvalue weighted by Gasteiger charge is -2.19. The van der Waals surface area contributed by atoms with Gasteiger partial charge in [0.15, 0.2) is 17.6 Å². The van der Waals surface area contributed by atoms with Gasteiger partial charge in [-0.05, 0) is 130 Å². The van der Waals surface area contributed by atoms with E-state index in [0.29, 0.717) is 17.0 Å². The van der Waals surface area contributed by atoms with Crippen LogP contribution in [0.25, 0.3) is 0 Å². The van der Waals surface area contributed by atoms with Gasteiger partial charge in [-0.1, -0.05) is 0 Å². The average Bonchev–Trinajstić information content (AvgIpc) is 3.25. The van der Waals surface area contributed by atoms with E-state index in [2.05, 4.69) is 26.6 Å². The van der Waals surface area contributed by atoms with E-state index in [0.717, 1.165) is 0 Å². The van der Waals surface area contributed by atoms with Crippen molar-refractivity contribution in [3.05, 3.63) is 137 Å². The van der Waals surface area contributed by atoms with E-state index in [1.165, 1.54) is 84.9 Å². The molecule has 0 aliphatic carbocycles. The summed E-state index contributed by atoms with van der Waals surface area (Å²) in [5.41, 5.74) is 6.73. The van der Waals surface area contributed by atoms with Crippen LogP contribution in [-0.4, -0.2) is 69.9 Å². The number of nitrogens with one attached hydrogen (secondary N) is 5. The molecule has 0 fully saturated rings. The summed E-state index contributed by atoms with van der Waals surface area (Å²) in [4.78, 5) is 88.5. The van der Waals surface area contributed by atoms with E-state index >= 15 is 0 Å². The first kappa shape index (κ1) is 45.4. The Morgan fingerprint density at radius 3 is 1.68 bits per heavy atom. The molecule has 0 bridgehead atoms. The maximum atomic E-state index is 13.3. The Morgan fingerprint density at radius 2 is 1.16 bits per heavy atom. The van der Waals surface area contributed by atoms with Crippen LogP contribution in [-0.2, 0) is 14.4 Å². The number of rotatable bonds is 17. The summed E-state index contributed by atoms with van der Waals surface area (Å²) in [6.45, 7) is 4.89. The molecule has 5 rings (SSSR count). The van der Waals surface area contributed by atoms with Crippen LogP contribution in [0.1, 0.15) is 74.2 Å². The molecule has 0 spiro atoms. The zero-order valence-electron chi connectivity index (χ0n) is 33.9. The van der Waals surface area contributed by atoms with E-state index in [4.69, 9.17) is 25.6 Å². The van der Waals surface area contributed by atoms with Gasteiger partial charge in [0.1, 0.15) is 11.8 Å². The third kappa shape index (κ3) is 12.4. The second-order valence-electron chi connectivity index (χ2n) is 14.0. The van der Waals surface area contributed by atoms with Crippen molar-refractivity contribution < 1.29 is 53.2 Å². The summed E-state index contributed by atoms with van der Waals surface area (Å²) >= 11 is 0. The molecule has 18 heteroatoms. The van der Waals surface area contributed by atoms with Gasteiger partial charge < -0.3 is 52.0 Å². The molecular weight excluding hydrogens is 815 g/mol. The summed E-state index contributed by atoms with van der Waals surface area (Å²) in [5, 5.41) is 42.1. The summed E-state index contributed by atoms with van der Waals surface area (Å²) in [7, 11) is 0. The molecular formula is C45H41N7O11. The highest BCUT2D eigenvalue weighted by Crippen LogP contribution is 2.39. The topological polar surface area (TPSA) is 288 Å². The summed E-state index contributed by atoms with van der Waals surface area (Å²) in [6.07, 6.45) is -1.93. The van der Waals surface area contributed by atoms with Gasteiger partial charge in [0.25, 0.3) is 23.6 Å². The number of hydrogen-bond acceptors (Lipinski definition) is 11. The number of aromatic hydroxyl groups is 1. The van der Waals surface area contributed by atoms with Crippen LogP contribution in [0.2, 0.25) is 0 Å². The lowest BCUT2D eigenvalue weighted by molar-refractivity contribution is -0.123. The summed E-state index contributed by atoms with van der Waals surface area (Å²) in [5.74, 6) is -5.71. The van der Waals surface area contributed by atoms with Gasteiger partial charge in [-0.2, -0.15) is 5.26 Å². The number of nitrogens with two attached hydrogens (primary N) is 1. The average molecular weight is 856 g/mol. The maximum Gasteiger partial charge on any atom is 0.335 e. The van der Waals surface area contributed by atoms with Crippen molar-refractivity contribution in [3.8, 4) is 23.3 Å². The Kier molecular flexibility index (Phi) is 14.8. The number of carbonyl (C=O) groups is 7. The number of ether oxygens (including phenoxy) is 2. The first-order valence-electron chi connectivity index (χ1n) is 19.1. The van der Waals surface area contributed by atoms with Crippen LogP contribution in [0.5, 0.6) is 17.2 Å². The van der Waals surface area contributed by atoms with Crippen molar-refractivity contribution in [1.82, 2.24) is 5.32 Å². The molecule has 1 unspecified atom stereocenters. The van der Waals surface area contributed by atoms with Crippen molar-refractivity contribution in [2.75, 3.05) is 21.3 Å². The van der Waals surface area contributed by atoms with E-state index < -0.39 is 71.8 Å². The van der Waals surface area contributed by atoms with Gasteiger partial charge in [0.05, 0.1) is 41.0 Å². The van der Waals surface area contributed by atoms with Crippen molar-refractivity contribution in [3.63, 3.8) is 0 Å². The van der Waals surface area contributed by atoms with E-state index in [9.17, 15) is 38.7 Å². The lowest BCUT2D eigenvalue weighted by Crippen LogP contribution is -2.46. The number of anilines is 4. The molecule has 63 heavy (non-hydrogen) atoms. The number of aromatic carboxylic acids is 1. The first-order valence-corrected chi connectivity index (χ1v) is 19.1. The molecule has 6 amide bonds. The zero-order chi connectivity index (χ0) is 45.8. The highest BCUT2D eigenvalue weighted by atomic mass is 16.5. The smallest absolute Gasteiger partial charge is 0.335 e. The predicted octanol–water partition coefficient (Wildman–Crippen LogP) is 5.27. The van der Waals surface area contributed by atoms with E-state index in [1.807, 2.05) is 6.07 Å². The second-order valence-corrected chi connectivity index (χ2v) is 14.0. The lowest BCUT2D eigenvalue weighted by atomic mass is 10.1. The molecule has 0 saturated carbocycles. The van der Waals surface area contributed by atoms with Crippen molar-refractivity contribution in [2.45, 2.75) is 45.4 Å². The van der Waals surface area contributed by atoms with Gasteiger partial charge in [-0.3, -0.25) is 28.8 Å². The minimum atomic E-state index is -1.40. The van der Waals surface area contributed by atoms with Crippen molar-refractivity contribution in [2.24, 2.45) is 5.73 Å². The van der Waals surface area contributed by atoms with Gasteiger partial charge in [0, 0.05) is 28.2 Å². The number of hydrogen-bond donors (Lipinski definition) is 8. The fourth-order valence-electron chi connectivity index (χ4n) is 5.70. The van der Waals surface area contributed by atoms with Crippen LogP contribution in [0.15, 0.2) is 109 Å². The zero-order valence-corrected chi connectivity index (χ0v) is 33.9. The van der Waals surface area contributed by atoms with Gasteiger partial charge in [0.2, 0.25) is 11.8 Å². The number of phenols is 1. The number of benzene rings is 5. The third-order valence-electron chi connectivity index (χ3n) is 8.89. The van der Waals surface area contributed by atoms with Gasteiger partial charge in [-0.25, -0.2) is 4.79 Å². The first-order chi connectivity index (χ1) is 30.0. The molecule has 18 nitrogen and oxygen atoms in total. The van der Waals surface area contributed by atoms with Crippen LogP contribution in [0.3, 0.4) is 0 Å². The number of phenolic OH excluding ortho intramolecular Hbond substituents is 1. The molecule has 2 atom stereocenters. The quantitative estimate of drug-likeness (QED) is 0.0594. The fraction of sp³-hybridized carbons (Fsp3) is 0.156. The minimum absolute atomic E-state index is 0.0184. The van der Waals surface area contributed by atoms with E-state index in [1.54, 1.807) is 45.0 Å². The monoisotopic (exact) mass is 855 g/mol. The number of carbonyl (C=O) groups excluding carboxylic acids is 6. The largest absolute Gasteiger partial charge is 0.504 e. The predicted molar refractivity (Wildman–Crippen MR) is 230 cm³/mol. The summed E-state index contributed by atoms with van der Waals surface area (Å²) in [6, 6.07) is 26.2. The van der Waals surface area contributed by atoms with Crippen LogP contribution in [0.4, 0.5) is 22.7 Å². The number of amides is 6. The van der Waals surface area contributed by atoms with Gasteiger partial charge >= 0.3 is 5.97 Å². The second kappa shape index (κ2) is 20.5. The molecule has 0 saturated heterocycles. The van der Waals surface area contributed by atoms with Crippen LogP contribution >= 0.6 is 0 Å². The highest BCUT2D eigenvalue weighted by Gasteiger charge is 2.25. The number of carboxylic acids is 1. The molecule has 5 aromatic carbocycles. The normalized spacial score (nSPS) is 11.5. The Labute approximate surface area is 360 Å². The standard InChI is InChI=1S/C45H41N7O11/c1-24(2)62-39-35(21-20-34(38(39)54)43(58)49-31-16-10-29(11-17-31)45(60)61)51-41(56)27-8-14-32(15-9-27)50-44(59)36(22-37(47)53)52-42(57)28-6-12-30(13-7-28)48-40(55)25(3)63-33-18-4-26(23-46)5-19-33/h4-21,24-25,36,54H,22H2,1-3H3,(H2,47,53)(H,48,55)(H,49,58)(H,50,59)(H,51,56)(H,52,57)(H,60,61)/t25?,36-/m0/s1. The Bertz CT molecular complexity index is 2570. The van der Waals surface area contributed by atoms with Gasteiger partial charge in [-0.15, -0.1) is 0 Å². The number of nitriles is 1. The summed E-state index contributed by atoms with van der Waals surface area (Å²) < 4.78 is 11.4. The third-order valence-corrected chi connectivity index (χ3v) is 8.89. The van der Waals surface area contributed by atoms with Crippen molar-refractivity contribution in [1.29, 1.82) is 5.26 Å². The Balaban J connectivity index is 1.19. The molecule has 0 heterocycles.